The van der Waals surface area contributed by atoms with E-state index in [9.17, 15) is 9.59 Å². The van der Waals surface area contributed by atoms with E-state index in [1.54, 1.807) is 11.8 Å². The Hall–Kier alpha value is -1.43. The summed E-state index contributed by atoms with van der Waals surface area (Å²) < 4.78 is 0. The molecule has 3 N–H and O–H groups in total. The summed E-state index contributed by atoms with van der Waals surface area (Å²) in [5.41, 5.74) is 5.44. The molecule has 0 aromatic rings. The van der Waals surface area contributed by atoms with Crippen LogP contribution in [-0.4, -0.2) is 54.6 Å². The van der Waals surface area contributed by atoms with E-state index in [4.69, 9.17) is 5.73 Å². The number of rotatable bonds is 6. The van der Waals surface area contributed by atoms with Crippen molar-refractivity contribution in [3.8, 4) is 0 Å². The molecule has 1 atom stereocenters. The summed E-state index contributed by atoms with van der Waals surface area (Å²) in [7, 11) is 0. The van der Waals surface area contributed by atoms with Gasteiger partial charge in [0, 0.05) is 19.6 Å². The molecule has 1 amide bonds. The smallest absolute Gasteiger partial charge is 0.240 e. The molecule has 1 rings (SSSR count). The van der Waals surface area contributed by atoms with Crippen LogP contribution in [-0.2, 0) is 9.59 Å². The molecule has 0 spiro atoms. The number of carbonyl (C=O) groups is 2. The Labute approximate surface area is 108 Å². The molecular formula is C12H22N4O2. The SMILES string of the molecule is CC(=O)CN1CCNC(CCCN=C(C)N)C1=O. The van der Waals surface area contributed by atoms with Crippen LogP contribution in [0.4, 0.5) is 0 Å². The first-order chi connectivity index (χ1) is 8.50. The van der Waals surface area contributed by atoms with Gasteiger partial charge in [0.15, 0.2) is 0 Å². The van der Waals surface area contributed by atoms with Crippen LogP contribution in [0.25, 0.3) is 0 Å². The fourth-order valence-corrected chi connectivity index (χ4v) is 1.99. The van der Waals surface area contributed by atoms with Crippen molar-refractivity contribution in [2.75, 3.05) is 26.2 Å². The first-order valence-corrected chi connectivity index (χ1v) is 6.29. The van der Waals surface area contributed by atoms with Crippen molar-refractivity contribution in [1.29, 1.82) is 0 Å². The Kier molecular flexibility index (Phi) is 5.77. The van der Waals surface area contributed by atoms with Gasteiger partial charge in [-0.1, -0.05) is 0 Å². The van der Waals surface area contributed by atoms with Crippen LogP contribution in [0.1, 0.15) is 26.7 Å². The van der Waals surface area contributed by atoms with E-state index in [-0.39, 0.29) is 24.3 Å². The van der Waals surface area contributed by atoms with Gasteiger partial charge in [-0.05, 0) is 26.7 Å². The third-order valence-corrected chi connectivity index (χ3v) is 2.81. The molecule has 0 aromatic carbocycles. The molecule has 1 fully saturated rings. The Balaban J connectivity index is 2.38. The highest BCUT2D eigenvalue weighted by atomic mass is 16.2. The highest BCUT2D eigenvalue weighted by Crippen LogP contribution is 2.07. The van der Waals surface area contributed by atoms with Crippen LogP contribution in [0, 0.1) is 0 Å². The molecule has 0 saturated carbocycles. The zero-order valence-electron chi connectivity index (χ0n) is 11.1. The van der Waals surface area contributed by atoms with E-state index >= 15 is 0 Å². The highest BCUT2D eigenvalue weighted by molar-refractivity contribution is 5.88. The van der Waals surface area contributed by atoms with E-state index in [1.807, 2.05) is 0 Å². The number of amides is 1. The van der Waals surface area contributed by atoms with Crippen LogP contribution >= 0.6 is 0 Å². The van der Waals surface area contributed by atoms with Crippen LogP contribution in [0.15, 0.2) is 4.99 Å². The van der Waals surface area contributed by atoms with Gasteiger partial charge < -0.3 is 16.0 Å². The van der Waals surface area contributed by atoms with Crippen molar-refractivity contribution in [3.05, 3.63) is 0 Å². The van der Waals surface area contributed by atoms with Crippen LogP contribution in [0.2, 0.25) is 0 Å². The average Bonchev–Trinajstić information content (AvgIpc) is 2.28. The standard InChI is InChI=1S/C12H22N4O2/c1-9(17)8-16-7-6-15-11(12(16)18)4-3-5-14-10(2)13/h11,15H,3-8H2,1-2H3,(H2,13,14). The Morgan fingerprint density at radius 1 is 1.56 bits per heavy atom. The zero-order valence-corrected chi connectivity index (χ0v) is 11.1. The van der Waals surface area contributed by atoms with Crippen LogP contribution in [0.5, 0.6) is 0 Å². The molecule has 18 heavy (non-hydrogen) atoms. The van der Waals surface area contributed by atoms with Gasteiger partial charge in [0.2, 0.25) is 5.91 Å². The second-order valence-corrected chi connectivity index (χ2v) is 4.63. The van der Waals surface area contributed by atoms with Crippen LogP contribution < -0.4 is 11.1 Å². The number of amidine groups is 1. The van der Waals surface area contributed by atoms with Gasteiger partial charge in [-0.3, -0.25) is 14.6 Å². The third-order valence-electron chi connectivity index (χ3n) is 2.81. The molecule has 0 radical (unpaired) electrons. The molecule has 6 heteroatoms. The van der Waals surface area contributed by atoms with Crippen LogP contribution in [0.3, 0.4) is 0 Å². The van der Waals surface area contributed by atoms with Crippen molar-refractivity contribution in [1.82, 2.24) is 10.2 Å². The number of carbonyl (C=O) groups excluding carboxylic acids is 2. The Morgan fingerprint density at radius 2 is 2.28 bits per heavy atom. The van der Waals surface area contributed by atoms with E-state index in [1.165, 1.54) is 6.92 Å². The summed E-state index contributed by atoms with van der Waals surface area (Å²) in [4.78, 5) is 28.8. The summed E-state index contributed by atoms with van der Waals surface area (Å²) in [6.45, 7) is 5.46. The van der Waals surface area contributed by atoms with E-state index < -0.39 is 0 Å². The number of hydrogen-bond acceptors (Lipinski definition) is 4. The Morgan fingerprint density at radius 3 is 2.89 bits per heavy atom. The first kappa shape index (κ1) is 14.6. The number of piperazine rings is 1. The quantitative estimate of drug-likeness (QED) is 0.381. The molecule has 0 bridgehead atoms. The minimum Gasteiger partial charge on any atom is -0.388 e. The second kappa shape index (κ2) is 7.10. The number of ketones is 1. The molecule has 6 nitrogen and oxygen atoms in total. The van der Waals surface area contributed by atoms with Crippen molar-refractivity contribution in [2.45, 2.75) is 32.7 Å². The molecular weight excluding hydrogens is 232 g/mol. The lowest BCUT2D eigenvalue weighted by Crippen LogP contribution is -2.55. The van der Waals surface area contributed by atoms with Gasteiger partial charge in [-0.15, -0.1) is 0 Å². The summed E-state index contributed by atoms with van der Waals surface area (Å²) in [5.74, 6) is 0.605. The average molecular weight is 254 g/mol. The molecule has 1 saturated heterocycles. The molecule has 0 aliphatic carbocycles. The van der Waals surface area contributed by atoms with Crippen molar-refractivity contribution in [3.63, 3.8) is 0 Å². The number of hydrogen-bond donors (Lipinski definition) is 2. The van der Waals surface area contributed by atoms with E-state index in [0.29, 0.717) is 18.9 Å². The summed E-state index contributed by atoms with van der Waals surface area (Å²) in [6.07, 6.45) is 1.54. The molecule has 1 aliphatic rings. The summed E-state index contributed by atoms with van der Waals surface area (Å²) in [5, 5.41) is 3.18. The Bertz CT molecular complexity index is 337. The lowest BCUT2D eigenvalue weighted by atomic mass is 10.1. The topological polar surface area (TPSA) is 87.8 Å². The maximum Gasteiger partial charge on any atom is 0.240 e. The van der Waals surface area contributed by atoms with Gasteiger partial charge in [0.05, 0.1) is 18.4 Å². The van der Waals surface area contributed by atoms with Gasteiger partial charge >= 0.3 is 0 Å². The normalized spacial score (nSPS) is 21.2. The van der Waals surface area contributed by atoms with Gasteiger partial charge in [0.1, 0.15) is 5.78 Å². The van der Waals surface area contributed by atoms with Crippen molar-refractivity contribution >= 4 is 17.5 Å². The summed E-state index contributed by atoms with van der Waals surface area (Å²) in [6, 6.07) is -0.189. The molecule has 1 aliphatic heterocycles. The molecule has 0 aromatic heterocycles. The van der Waals surface area contributed by atoms with Crippen molar-refractivity contribution < 1.29 is 9.59 Å². The van der Waals surface area contributed by atoms with Crippen molar-refractivity contribution in [2.24, 2.45) is 10.7 Å². The minimum atomic E-state index is -0.189. The molecule has 102 valence electrons. The second-order valence-electron chi connectivity index (χ2n) is 4.63. The highest BCUT2D eigenvalue weighted by Gasteiger charge is 2.28. The predicted octanol–water partition coefficient (Wildman–Crippen LogP) is -0.467. The number of nitrogens with zero attached hydrogens (tertiary/aromatic N) is 2. The van der Waals surface area contributed by atoms with Gasteiger partial charge in [0.25, 0.3) is 0 Å². The minimum absolute atomic E-state index is 0.0184. The lowest BCUT2D eigenvalue weighted by Gasteiger charge is -2.32. The monoisotopic (exact) mass is 254 g/mol. The predicted molar refractivity (Wildman–Crippen MR) is 70.4 cm³/mol. The maximum absolute atomic E-state index is 12.0. The molecule has 1 heterocycles. The van der Waals surface area contributed by atoms with E-state index in [2.05, 4.69) is 10.3 Å². The number of nitrogens with one attached hydrogen (secondary N) is 1. The van der Waals surface area contributed by atoms with Gasteiger partial charge in [-0.25, -0.2) is 0 Å². The molecule has 1 unspecified atom stereocenters. The van der Waals surface area contributed by atoms with Gasteiger partial charge in [-0.2, -0.15) is 0 Å². The number of Topliss-reactive ketones (excluding diaryl/α,β-unsaturated/α-hetero) is 1. The third kappa shape index (κ3) is 4.83. The summed E-state index contributed by atoms with van der Waals surface area (Å²) >= 11 is 0. The van der Waals surface area contributed by atoms with E-state index in [0.717, 1.165) is 19.4 Å². The maximum atomic E-state index is 12.0. The largest absolute Gasteiger partial charge is 0.388 e. The fourth-order valence-electron chi connectivity index (χ4n) is 1.99. The fraction of sp³-hybridized carbons (Fsp3) is 0.750. The first-order valence-electron chi connectivity index (χ1n) is 6.29. The number of aliphatic imine (C=N–C) groups is 1. The zero-order chi connectivity index (χ0) is 13.5. The number of nitrogens with two attached hydrogens (primary N) is 1. The lowest BCUT2D eigenvalue weighted by molar-refractivity contribution is -0.138.